The van der Waals surface area contributed by atoms with Crippen LogP contribution in [-0.4, -0.2) is 52.4 Å². The van der Waals surface area contributed by atoms with Gasteiger partial charge in [0, 0.05) is 19.5 Å². The van der Waals surface area contributed by atoms with Crippen LogP contribution in [0, 0.1) is 5.82 Å². The van der Waals surface area contributed by atoms with E-state index in [-0.39, 0.29) is 30.0 Å². The second-order valence-corrected chi connectivity index (χ2v) is 6.08. The van der Waals surface area contributed by atoms with E-state index in [1.165, 1.54) is 49.4 Å². The second-order valence-electron chi connectivity index (χ2n) is 6.08. The Morgan fingerprint density at radius 2 is 1.96 bits per heavy atom. The maximum atomic E-state index is 13.8. The summed E-state index contributed by atoms with van der Waals surface area (Å²) < 4.78 is 25.3. The first-order valence-corrected chi connectivity index (χ1v) is 8.25. The van der Waals surface area contributed by atoms with Gasteiger partial charge in [0.25, 0.3) is 11.5 Å². The molecule has 0 spiro atoms. The number of hydrogen-bond acceptors (Lipinski definition) is 6. The quantitative estimate of drug-likeness (QED) is 0.733. The number of benzene rings is 1. The van der Waals surface area contributed by atoms with Crippen molar-refractivity contribution < 1.29 is 23.5 Å². The molecule has 0 radical (unpaired) electrons. The highest BCUT2D eigenvalue weighted by Gasteiger charge is 2.42. The third-order valence-corrected chi connectivity index (χ3v) is 4.31. The molecule has 1 aliphatic rings. The first-order chi connectivity index (χ1) is 12.9. The zero-order valence-electron chi connectivity index (χ0n) is 14.8. The average Bonchev–Trinajstić information content (AvgIpc) is 3.08. The molecule has 3 rings (SSSR count). The molecule has 142 valence electrons. The molecule has 1 aromatic carbocycles. The molecular formula is C18H18FN3O5. The summed E-state index contributed by atoms with van der Waals surface area (Å²) in [6.07, 6.45) is -0.444. The highest BCUT2D eigenvalue weighted by Crippen LogP contribution is 2.26. The number of likely N-dealkylation sites (tertiary alicyclic amines) is 1. The van der Waals surface area contributed by atoms with E-state index < -0.39 is 29.8 Å². The van der Waals surface area contributed by atoms with Gasteiger partial charge in [0.15, 0.2) is 11.6 Å². The molecule has 0 aliphatic carbocycles. The standard InChI is InChI=1S/C18H18FN3O5/c1-21-16(23)8-7-13(20-21)17(24)22-10-11(9-14(22)18(25)26-2)27-15-6-4-3-5-12(15)19/h3-8,11,14H,9-10H2,1-2H3. The van der Waals surface area contributed by atoms with Crippen LogP contribution < -0.4 is 10.3 Å². The van der Waals surface area contributed by atoms with Crippen LogP contribution >= 0.6 is 0 Å². The number of ether oxygens (including phenoxy) is 2. The molecule has 1 aromatic heterocycles. The van der Waals surface area contributed by atoms with Crippen LogP contribution in [0.1, 0.15) is 16.9 Å². The van der Waals surface area contributed by atoms with Gasteiger partial charge in [-0.1, -0.05) is 12.1 Å². The Balaban J connectivity index is 1.84. The summed E-state index contributed by atoms with van der Waals surface area (Å²) in [5.41, 5.74) is -0.351. The van der Waals surface area contributed by atoms with E-state index in [1.54, 1.807) is 6.07 Å². The molecule has 1 fully saturated rings. The van der Waals surface area contributed by atoms with Crippen LogP contribution in [-0.2, 0) is 16.6 Å². The molecule has 0 saturated carbocycles. The Labute approximate surface area is 154 Å². The van der Waals surface area contributed by atoms with Crippen LogP contribution in [0.25, 0.3) is 0 Å². The van der Waals surface area contributed by atoms with Gasteiger partial charge in [0.2, 0.25) is 0 Å². The number of carbonyl (C=O) groups is 2. The number of aromatic nitrogens is 2. The lowest BCUT2D eigenvalue weighted by Gasteiger charge is -2.21. The number of amides is 1. The second kappa shape index (κ2) is 7.56. The summed E-state index contributed by atoms with van der Waals surface area (Å²) in [4.78, 5) is 37.7. The number of rotatable bonds is 4. The Morgan fingerprint density at radius 1 is 1.22 bits per heavy atom. The van der Waals surface area contributed by atoms with Crippen molar-refractivity contribution in [2.45, 2.75) is 18.6 Å². The third kappa shape index (κ3) is 3.81. The van der Waals surface area contributed by atoms with Gasteiger partial charge >= 0.3 is 5.97 Å². The highest BCUT2D eigenvalue weighted by atomic mass is 19.1. The SMILES string of the molecule is COC(=O)C1CC(Oc2ccccc2F)CN1C(=O)c1ccc(=O)n(C)n1. The van der Waals surface area contributed by atoms with Crippen molar-refractivity contribution in [1.29, 1.82) is 0 Å². The predicted octanol–water partition coefficient (Wildman–Crippen LogP) is 0.754. The van der Waals surface area contributed by atoms with Crippen LogP contribution in [0.3, 0.4) is 0 Å². The summed E-state index contributed by atoms with van der Waals surface area (Å²) in [6, 6.07) is 7.53. The zero-order valence-corrected chi connectivity index (χ0v) is 14.8. The van der Waals surface area contributed by atoms with E-state index in [2.05, 4.69) is 5.10 Å². The molecule has 2 aromatic rings. The van der Waals surface area contributed by atoms with E-state index >= 15 is 0 Å². The molecule has 2 atom stereocenters. The number of methoxy groups -OCH3 is 1. The highest BCUT2D eigenvalue weighted by molar-refractivity contribution is 5.95. The van der Waals surface area contributed by atoms with Gasteiger partial charge in [-0.3, -0.25) is 9.59 Å². The van der Waals surface area contributed by atoms with E-state index in [9.17, 15) is 18.8 Å². The number of esters is 1. The fourth-order valence-corrected chi connectivity index (χ4v) is 2.95. The van der Waals surface area contributed by atoms with Crippen LogP contribution in [0.5, 0.6) is 5.75 Å². The number of halogens is 1. The number of para-hydroxylation sites is 1. The number of nitrogens with zero attached hydrogens (tertiary/aromatic N) is 3. The summed E-state index contributed by atoms with van der Waals surface area (Å²) in [5.74, 6) is -1.63. The van der Waals surface area contributed by atoms with E-state index in [4.69, 9.17) is 9.47 Å². The summed E-state index contributed by atoms with van der Waals surface area (Å²) in [6.45, 7) is 0.0530. The molecular weight excluding hydrogens is 357 g/mol. The fourth-order valence-electron chi connectivity index (χ4n) is 2.95. The minimum atomic E-state index is -0.890. The molecule has 1 aliphatic heterocycles. The molecule has 8 nitrogen and oxygen atoms in total. The molecule has 1 saturated heterocycles. The Bertz CT molecular complexity index is 929. The average molecular weight is 375 g/mol. The van der Waals surface area contributed by atoms with Crippen LogP contribution in [0.4, 0.5) is 4.39 Å². The maximum Gasteiger partial charge on any atom is 0.328 e. The lowest BCUT2D eigenvalue weighted by Crippen LogP contribution is -2.42. The lowest BCUT2D eigenvalue weighted by molar-refractivity contribution is -0.145. The topological polar surface area (TPSA) is 90.7 Å². The summed E-state index contributed by atoms with van der Waals surface area (Å²) in [7, 11) is 2.64. The van der Waals surface area contributed by atoms with Crippen molar-refractivity contribution in [2.75, 3.05) is 13.7 Å². The maximum absolute atomic E-state index is 13.8. The molecule has 2 heterocycles. The summed E-state index contributed by atoms with van der Waals surface area (Å²) >= 11 is 0. The van der Waals surface area contributed by atoms with Gasteiger partial charge in [-0.15, -0.1) is 0 Å². The summed E-state index contributed by atoms with van der Waals surface area (Å²) in [5, 5.41) is 3.92. The molecule has 9 heteroatoms. The molecule has 2 unspecified atom stereocenters. The van der Waals surface area contributed by atoms with Gasteiger partial charge in [0.1, 0.15) is 17.8 Å². The van der Waals surface area contributed by atoms with Crippen molar-refractivity contribution in [3.63, 3.8) is 0 Å². The van der Waals surface area contributed by atoms with Crippen LogP contribution in [0.2, 0.25) is 0 Å². The van der Waals surface area contributed by atoms with Crippen molar-refractivity contribution in [3.8, 4) is 5.75 Å². The van der Waals surface area contributed by atoms with E-state index in [0.717, 1.165) is 4.68 Å². The van der Waals surface area contributed by atoms with E-state index in [1.807, 2.05) is 0 Å². The zero-order chi connectivity index (χ0) is 19.6. The third-order valence-electron chi connectivity index (χ3n) is 4.31. The largest absolute Gasteiger partial charge is 0.485 e. The number of carbonyl (C=O) groups excluding carboxylic acids is 2. The van der Waals surface area contributed by atoms with E-state index in [0.29, 0.717) is 0 Å². The van der Waals surface area contributed by atoms with Gasteiger partial charge in [0.05, 0.1) is 13.7 Å². The minimum absolute atomic E-state index is 0.0116. The molecule has 0 bridgehead atoms. The Hall–Kier alpha value is -3.23. The van der Waals surface area contributed by atoms with Crippen molar-refractivity contribution in [2.24, 2.45) is 7.05 Å². The van der Waals surface area contributed by atoms with Gasteiger partial charge in [-0.05, 0) is 18.2 Å². The Morgan fingerprint density at radius 3 is 2.63 bits per heavy atom. The molecule has 0 N–H and O–H groups in total. The van der Waals surface area contributed by atoms with Gasteiger partial charge < -0.3 is 14.4 Å². The normalized spacial score (nSPS) is 19.0. The van der Waals surface area contributed by atoms with Crippen molar-refractivity contribution >= 4 is 11.9 Å². The van der Waals surface area contributed by atoms with Crippen molar-refractivity contribution in [1.82, 2.24) is 14.7 Å². The predicted molar refractivity (Wildman–Crippen MR) is 91.8 cm³/mol. The lowest BCUT2D eigenvalue weighted by atomic mass is 10.2. The monoisotopic (exact) mass is 375 g/mol. The fraction of sp³-hybridized carbons (Fsp3) is 0.333. The smallest absolute Gasteiger partial charge is 0.328 e. The first kappa shape index (κ1) is 18.6. The van der Waals surface area contributed by atoms with Gasteiger partial charge in [-0.25, -0.2) is 13.9 Å². The van der Waals surface area contributed by atoms with Gasteiger partial charge in [-0.2, -0.15) is 5.10 Å². The number of hydrogen-bond donors (Lipinski definition) is 0. The molecule has 27 heavy (non-hydrogen) atoms. The minimum Gasteiger partial charge on any atom is -0.485 e. The number of aryl methyl sites for hydroxylation is 1. The molecule has 1 amide bonds. The van der Waals surface area contributed by atoms with Crippen LogP contribution in [0.15, 0.2) is 41.2 Å². The Kier molecular flexibility index (Phi) is 5.20. The van der Waals surface area contributed by atoms with Crippen molar-refractivity contribution in [3.05, 3.63) is 58.3 Å². The first-order valence-electron chi connectivity index (χ1n) is 8.25.